The lowest BCUT2D eigenvalue weighted by Crippen LogP contribution is -2.11. The molecular weight excluding hydrogens is 322 g/mol. The maximum atomic E-state index is 13.7. The molecule has 1 N–H and O–H groups in total. The predicted octanol–water partition coefficient (Wildman–Crippen LogP) is 4.25. The Morgan fingerprint density at radius 1 is 1.22 bits per heavy atom. The average molecular weight is 333 g/mol. The lowest BCUT2D eigenvalue weighted by molar-refractivity contribution is 0.507. The molecular formula is C17H11ClF2N2O. The van der Waals surface area contributed by atoms with Crippen molar-refractivity contribution in [2.75, 3.05) is 0 Å². The summed E-state index contributed by atoms with van der Waals surface area (Å²) in [6.45, 7) is 1.82. The van der Waals surface area contributed by atoms with Crippen molar-refractivity contribution in [2.45, 2.75) is 6.92 Å². The van der Waals surface area contributed by atoms with Crippen LogP contribution in [0.5, 0.6) is 0 Å². The molecule has 0 aliphatic rings. The number of hydrogen-bond donors (Lipinski definition) is 1. The van der Waals surface area contributed by atoms with Crippen molar-refractivity contribution in [3.8, 4) is 0 Å². The molecule has 2 aromatic carbocycles. The molecule has 0 aliphatic heterocycles. The summed E-state index contributed by atoms with van der Waals surface area (Å²) in [5.74, 6) is -1.88. The molecule has 3 nitrogen and oxygen atoms in total. The summed E-state index contributed by atoms with van der Waals surface area (Å²) >= 11 is 6.13. The Morgan fingerprint density at radius 2 is 1.96 bits per heavy atom. The number of aromatic amines is 1. The third kappa shape index (κ3) is 2.87. The molecule has 1 heterocycles. The van der Waals surface area contributed by atoms with E-state index < -0.39 is 11.6 Å². The lowest BCUT2D eigenvalue weighted by atomic mass is 10.1. The Bertz CT molecular complexity index is 996. The largest absolute Gasteiger partial charge is 0.305 e. The fraction of sp³-hybridized carbons (Fsp3) is 0.0588. The van der Waals surface area contributed by atoms with Crippen LogP contribution < -0.4 is 5.56 Å². The zero-order chi connectivity index (χ0) is 16.6. The highest BCUT2D eigenvalue weighted by Gasteiger charge is 2.11. The third-order valence-electron chi connectivity index (χ3n) is 3.43. The first-order valence-corrected chi connectivity index (χ1v) is 7.16. The number of para-hydroxylation sites is 1. The quantitative estimate of drug-likeness (QED) is 0.762. The topological polar surface area (TPSA) is 45.8 Å². The van der Waals surface area contributed by atoms with Crippen molar-refractivity contribution in [3.05, 3.63) is 75.3 Å². The molecule has 0 bridgehead atoms. The lowest BCUT2D eigenvalue weighted by Gasteiger charge is -2.05. The van der Waals surface area contributed by atoms with Crippen LogP contribution in [0.15, 0.2) is 41.2 Å². The summed E-state index contributed by atoms with van der Waals surface area (Å²) in [7, 11) is 0. The van der Waals surface area contributed by atoms with E-state index in [1.54, 1.807) is 12.1 Å². The van der Waals surface area contributed by atoms with Crippen LogP contribution in [-0.4, -0.2) is 9.97 Å². The normalized spacial score (nSPS) is 11.9. The van der Waals surface area contributed by atoms with Gasteiger partial charge in [-0.1, -0.05) is 35.9 Å². The summed E-state index contributed by atoms with van der Waals surface area (Å²) in [6, 6.07) is 9.00. The van der Waals surface area contributed by atoms with Gasteiger partial charge in [-0.3, -0.25) is 4.79 Å². The Kier molecular flexibility index (Phi) is 3.96. The molecule has 0 saturated heterocycles. The molecule has 3 rings (SSSR count). The zero-order valence-electron chi connectivity index (χ0n) is 12.0. The van der Waals surface area contributed by atoms with Gasteiger partial charge in [0.2, 0.25) is 0 Å². The first-order chi connectivity index (χ1) is 11.0. The maximum absolute atomic E-state index is 13.7. The van der Waals surface area contributed by atoms with E-state index in [0.29, 0.717) is 10.9 Å². The molecule has 0 aliphatic carbocycles. The molecule has 0 spiro atoms. The van der Waals surface area contributed by atoms with Gasteiger partial charge in [0.1, 0.15) is 0 Å². The van der Waals surface area contributed by atoms with Crippen molar-refractivity contribution in [1.29, 1.82) is 0 Å². The minimum atomic E-state index is -1.01. The van der Waals surface area contributed by atoms with Gasteiger partial charge in [-0.25, -0.2) is 13.8 Å². The second-order valence-electron chi connectivity index (χ2n) is 5.02. The van der Waals surface area contributed by atoms with E-state index in [-0.39, 0.29) is 22.0 Å². The number of benzene rings is 2. The van der Waals surface area contributed by atoms with Crippen molar-refractivity contribution in [1.82, 2.24) is 9.97 Å². The maximum Gasteiger partial charge on any atom is 0.259 e. The fourth-order valence-corrected chi connectivity index (χ4v) is 2.46. The number of hydrogen-bond acceptors (Lipinski definition) is 2. The van der Waals surface area contributed by atoms with Gasteiger partial charge in [-0.05, 0) is 30.7 Å². The molecule has 3 aromatic rings. The summed E-state index contributed by atoms with van der Waals surface area (Å²) < 4.78 is 26.9. The number of fused-ring (bicyclic) bond motifs is 1. The molecule has 0 amide bonds. The Labute approximate surface area is 135 Å². The predicted molar refractivity (Wildman–Crippen MR) is 87.2 cm³/mol. The third-order valence-corrected chi connectivity index (χ3v) is 3.72. The van der Waals surface area contributed by atoms with Gasteiger partial charge in [0.05, 0.1) is 15.9 Å². The van der Waals surface area contributed by atoms with Crippen molar-refractivity contribution in [3.63, 3.8) is 0 Å². The van der Waals surface area contributed by atoms with Gasteiger partial charge in [-0.2, -0.15) is 0 Å². The molecule has 0 unspecified atom stereocenters. The molecule has 0 radical (unpaired) electrons. The molecule has 23 heavy (non-hydrogen) atoms. The van der Waals surface area contributed by atoms with Crippen LogP contribution in [0.3, 0.4) is 0 Å². The van der Waals surface area contributed by atoms with Crippen LogP contribution in [0.1, 0.15) is 17.0 Å². The molecule has 0 atom stereocenters. The second-order valence-corrected chi connectivity index (χ2v) is 5.43. The SMILES string of the molecule is Cc1cccc2c(=O)[nH]c(C(Cl)=Cc3cccc(F)c3F)nc12. The van der Waals surface area contributed by atoms with Crippen LogP contribution in [0.25, 0.3) is 22.0 Å². The number of H-pyrrole nitrogens is 1. The Balaban J connectivity index is 2.16. The number of aromatic nitrogens is 2. The van der Waals surface area contributed by atoms with Crippen LogP contribution in [0.2, 0.25) is 0 Å². The van der Waals surface area contributed by atoms with E-state index in [0.717, 1.165) is 11.6 Å². The number of nitrogens with zero attached hydrogens (tertiary/aromatic N) is 1. The number of halogens is 3. The standard InChI is InChI=1S/C17H11ClF2N2O/c1-9-4-2-6-11-15(9)21-16(22-17(11)23)12(18)8-10-5-3-7-13(19)14(10)20/h2-8H,1H3,(H,21,22,23). The van der Waals surface area contributed by atoms with Crippen LogP contribution >= 0.6 is 11.6 Å². The summed E-state index contributed by atoms with van der Waals surface area (Å²) in [4.78, 5) is 19.0. The minimum Gasteiger partial charge on any atom is -0.305 e. The molecule has 1 aromatic heterocycles. The number of nitrogens with one attached hydrogen (secondary N) is 1. The molecule has 0 fully saturated rings. The monoisotopic (exact) mass is 332 g/mol. The van der Waals surface area contributed by atoms with Gasteiger partial charge in [-0.15, -0.1) is 0 Å². The summed E-state index contributed by atoms with van der Waals surface area (Å²) in [5, 5.41) is 0.451. The van der Waals surface area contributed by atoms with Crippen LogP contribution in [0.4, 0.5) is 8.78 Å². The summed E-state index contributed by atoms with van der Waals surface area (Å²) in [5.41, 5.74) is 0.955. The van der Waals surface area contributed by atoms with Gasteiger partial charge in [0.15, 0.2) is 17.5 Å². The smallest absolute Gasteiger partial charge is 0.259 e. The van der Waals surface area contributed by atoms with E-state index in [4.69, 9.17) is 11.6 Å². The molecule has 0 saturated carbocycles. The van der Waals surface area contributed by atoms with Crippen LogP contribution in [0, 0.1) is 18.6 Å². The number of rotatable bonds is 2. The van der Waals surface area contributed by atoms with E-state index in [1.807, 2.05) is 13.0 Å². The Morgan fingerprint density at radius 3 is 2.74 bits per heavy atom. The Hall–Kier alpha value is -2.53. The van der Waals surface area contributed by atoms with Crippen molar-refractivity contribution >= 4 is 33.6 Å². The van der Waals surface area contributed by atoms with Gasteiger partial charge in [0, 0.05) is 5.56 Å². The van der Waals surface area contributed by atoms with E-state index in [1.165, 1.54) is 18.2 Å². The highest BCUT2D eigenvalue weighted by molar-refractivity contribution is 6.50. The van der Waals surface area contributed by atoms with Gasteiger partial charge < -0.3 is 4.98 Å². The van der Waals surface area contributed by atoms with E-state index >= 15 is 0 Å². The average Bonchev–Trinajstić information content (AvgIpc) is 2.52. The second kappa shape index (κ2) is 5.93. The highest BCUT2D eigenvalue weighted by Crippen LogP contribution is 2.23. The number of aryl methyl sites for hydroxylation is 1. The van der Waals surface area contributed by atoms with Crippen LogP contribution in [-0.2, 0) is 0 Å². The first-order valence-electron chi connectivity index (χ1n) is 6.78. The minimum absolute atomic E-state index is 0.0109. The van der Waals surface area contributed by atoms with Crippen molar-refractivity contribution in [2.24, 2.45) is 0 Å². The molecule has 6 heteroatoms. The molecule has 116 valence electrons. The zero-order valence-corrected chi connectivity index (χ0v) is 12.8. The first kappa shape index (κ1) is 15.4. The van der Waals surface area contributed by atoms with Gasteiger partial charge in [0.25, 0.3) is 5.56 Å². The highest BCUT2D eigenvalue weighted by atomic mass is 35.5. The fourth-order valence-electron chi connectivity index (χ4n) is 2.26. The van der Waals surface area contributed by atoms with E-state index in [2.05, 4.69) is 9.97 Å². The van der Waals surface area contributed by atoms with Gasteiger partial charge >= 0.3 is 0 Å². The van der Waals surface area contributed by atoms with E-state index in [9.17, 15) is 13.6 Å². The van der Waals surface area contributed by atoms with Crippen molar-refractivity contribution < 1.29 is 8.78 Å². The summed E-state index contributed by atoms with van der Waals surface area (Å²) in [6.07, 6.45) is 1.22.